The van der Waals surface area contributed by atoms with Crippen LogP contribution in [0.2, 0.25) is 10.0 Å². The van der Waals surface area contributed by atoms with Crippen LogP contribution in [0.5, 0.6) is 0 Å². The molecule has 0 bridgehead atoms. The molecule has 7 heteroatoms. The molecule has 5 nitrogen and oxygen atoms in total. The first-order valence-corrected chi connectivity index (χ1v) is 11.6. The van der Waals surface area contributed by atoms with Gasteiger partial charge in [0.05, 0.1) is 21.3 Å². The maximum atomic E-state index is 12.8. The molecule has 1 fully saturated rings. The molecule has 1 heterocycles. The quantitative estimate of drug-likeness (QED) is 0.583. The van der Waals surface area contributed by atoms with Crippen LogP contribution in [0.15, 0.2) is 18.2 Å². The smallest absolute Gasteiger partial charge is 0.273 e. The fourth-order valence-corrected chi connectivity index (χ4v) is 4.69. The fourth-order valence-electron chi connectivity index (χ4n) is 4.07. The van der Waals surface area contributed by atoms with Gasteiger partial charge in [-0.05, 0) is 56.6 Å². The van der Waals surface area contributed by atoms with E-state index >= 15 is 0 Å². The van der Waals surface area contributed by atoms with Crippen LogP contribution >= 0.6 is 23.2 Å². The number of aliphatic hydroxyl groups is 1. The van der Waals surface area contributed by atoms with Gasteiger partial charge in [-0.1, -0.05) is 55.6 Å². The van der Waals surface area contributed by atoms with Crippen molar-refractivity contribution in [2.45, 2.75) is 71.4 Å². The van der Waals surface area contributed by atoms with Crippen molar-refractivity contribution in [3.8, 4) is 11.3 Å². The summed E-state index contributed by atoms with van der Waals surface area (Å²) in [7, 11) is 0. The van der Waals surface area contributed by atoms with E-state index in [1.54, 1.807) is 4.68 Å². The first kappa shape index (κ1) is 23.1. The number of halogens is 2. The highest BCUT2D eigenvalue weighted by molar-refractivity contribution is 6.38. The Bertz CT molecular complexity index is 902. The molecule has 3 rings (SSSR count). The van der Waals surface area contributed by atoms with E-state index < -0.39 is 5.60 Å². The van der Waals surface area contributed by atoms with E-state index in [9.17, 15) is 9.90 Å². The van der Waals surface area contributed by atoms with Gasteiger partial charge in [-0.3, -0.25) is 9.48 Å². The third-order valence-corrected chi connectivity index (χ3v) is 6.69. The highest BCUT2D eigenvalue weighted by atomic mass is 35.5. The molecule has 1 aliphatic rings. The van der Waals surface area contributed by atoms with Crippen LogP contribution in [0.1, 0.15) is 68.9 Å². The van der Waals surface area contributed by atoms with Crippen molar-refractivity contribution in [2.75, 3.05) is 6.54 Å². The molecule has 2 aromatic rings. The predicted molar refractivity (Wildman–Crippen MR) is 122 cm³/mol. The van der Waals surface area contributed by atoms with Crippen LogP contribution in [0.4, 0.5) is 0 Å². The van der Waals surface area contributed by atoms with E-state index in [1.807, 2.05) is 25.1 Å². The lowest BCUT2D eigenvalue weighted by atomic mass is 9.79. The minimum Gasteiger partial charge on any atom is -0.388 e. The number of benzene rings is 1. The van der Waals surface area contributed by atoms with Crippen molar-refractivity contribution in [1.29, 1.82) is 0 Å². The number of rotatable bonds is 7. The highest BCUT2D eigenvalue weighted by Gasteiger charge is 2.33. The summed E-state index contributed by atoms with van der Waals surface area (Å²) in [5.41, 5.74) is 1.87. The van der Waals surface area contributed by atoms with Crippen molar-refractivity contribution in [3.05, 3.63) is 39.5 Å². The minimum absolute atomic E-state index is 0.162. The molecule has 1 aliphatic carbocycles. The summed E-state index contributed by atoms with van der Waals surface area (Å²) < 4.78 is 1.70. The summed E-state index contributed by atoms with van der Waals surface area (Å²) in [4.78, 5) is 12.8. The van der Waals surface area contributed by atoms with Gasteiger partial charge >= 0.3 is 0 Å². The normalized spacial score (nSPS) is 21.6. The van der Waals surface area contributed by atoms with Crippen molar-refractivity contribution < 1.29 is 9.90 Å². The first-order valence-electron chi connectivity index (χ1n) is 10.8. The number of nitrogens with zero attached hydrogens (tertiary/aromatic N) is 2. The summed E-state index contributed by atoms with van der Waals surface area (Å²) in [6, 6.07) is 5.92. The number of hydrogen-bond acceptors (Lipinski definition) is 3. The molecular weight excluding hydrogens is 421 g/mol. The van der Waals surface area contributed by atoms with Crippen molar-refractivity contribution in [2.24, 2.45) is 5.92 Å². The number of hydrogen-bond donors (Lipinski definition) is 2. The minimum atomic E-state index is -0.858. The van der Waals surface area contributed by atoms with Gasteiger partial charge in [0.15, 0.2) is 5.69 Å². The van der Waals surface area contributed by atoms with Crippen molar-refractivity contribution >= 4 is 29.1 Å². The third kappa shape index (κ3) is 5.01. The van der Waals surface area contributed by atoms with Crippen LogP contribution in [0, 0.1) is 5.92 Å². The molecule has 1 aromatic carbocycles. The Morgan fingerprint density at radius 3 is 2.60 bits per heavy atom. The zero-order chi connectivity index (χ0) is 21.9. The van der Waals surface area contributed by atoms with E-state index in [4.69, 9.17) is 23.2 Å². The van der Waals surface area contributed by atoms with Crippen molar-refractivity contribution in [1.82, 2.24) is 15.1 Å². The lowest BCUT2D eigenvalue weighted by molar-refractivity contribution is -0.00544. The number of amides is 1. The van der Waals surface area contributed by atoms with Gasteiger partial charge in [-0.2, -0.15) is 5.10 Å². The van der Waals surface area contributed by atoms with E-state index in [-0.39, 0.29) is 23.2 Å². The first-order chi connectivity index (χ1) is 14.3. The van der Waals surface area contributed by atoms with E-state index in [2.05, 4.69) is 24.3 Å². The largest absolute Gasteiger partial charge is 0.388 e. The second-order valence-electron chi connectivity index (χ2n) is 8.48. The Kier molecular flexibility index (Phi) is 7.48. The summed E-state index contributed by atoms with van der Waals surface area (Å²) in [6.07, 6.45) is 5.31. The van der Waals surface area contributed by atoms with Crippen LogP contribution in [-0.2, 0) is 13.0 Å². The highest BCUT2D eigenvalue weighted by Crippen LogP contribution is 2.36. The summed E-state index contributed by atoms with van der Waals surface area (Å²) in [5.74, 6) is 0.242. The fraction of sp³-hybridized carbons (Fsp3) is 0.565. The molecule has 2 N–H and O–H groups in total. The lowest BCUT2D eigenvalue weighted by Gasteiger charge is -2.34. The van der Waals surface area contributed by atoms with Crippen LogP contribution < -0.4 is 5.32 Å². The van der Waals surface area contributed by atoms with E-state index in [1.165, 1.54) is 0 Å². The SMILES string of the molecule is CCCc1ccc(-c2c(Cl)c(C(=O)NCC3(O)CCC(C)CC3)nn2CC)c(Cl)c1. The number of nitrogens with one attached hydrogen (secondary N) is 1. The van der Waals surface area contributed by atoms with Gasteiger partial charge in [0.1, 0.15) is 0 Å². The molecule has 1 saturated carbocycles. The predicted octanol–water partition coefficient (Wildman–Crippen LogP) is 5.50. The molecule has 0 radical (unpaired) electrons. The zero-order valence-corrected chi connectivity index (χ0v) is 19.5. The van der Waals surface area contributed by atoms with Crippen molar-refractivity contribution in [3.63, 3.8) is 0 Å². The van der Waals surface area contributed by atoms with Gasteiger partial charge in [0.25, 0.3) is 5.91 Å². The maximum Gasteiger partial charge on any atom is 0.273 e. The second kappa shape index (κ2) is 9.71. The lowest BCUT2D eigenvalue weighted by Crippen LogP contribution is -2.45. The molecule has 164 valence electrons. The van der Waals surface area contributed by atoms with Gasteiger partial charge < -0.3 is 10.4 Å². The average Bonchev–Trinajstić information content (AvgIpc) is 3.05. The van der Waals surface area contributed by atoms with Gasteiger partial charge in [-0.15, -0.1) is 0 Å². The number of aromatic nitrogens is 2. The molecule has 1 amide bonds. The molecule has 0 saturated heterocycles. The monoisotopic (exact) mass is 451 g/mol. The third-order valence-electron chi connectivity index (χ3n) is 6.02. The van der Waals surface area contributed by atoms with E-state index in [0.717, 1.165) is 36.8 Å². The molecule has 0 unspecified atom stereocenters. The zero-order valence-electron chi connectivity index (χ0n) is 18.0. The van der Waals surface area contributed by atoms with Crippen LogP contribution in [0.25, 0.3) is 11.3 Å². The number of aryl methyl sites for hydroxylation is 2. The molecule has 0 atom stereocenters. The van der Waals surface area contributed by atoms with Crippen LogP contribution in [-0.4, -0.2) is 32.9 Å². The Balaban J connectivity index is 1.82. The number of carbonyl (C=O) groups is 1. The molecule has 1 aromatic heterocycles. The molecule has 0 spiro atoms. The van der Waals surface area contributed by atoms with Crippen LogP contribution in [0.3, 0.4) is 0 Å². The standard InChI is InChI=1S/C23H31Cl2N3O2/c1-4-6-16-7-8-17(18(24)13-16)21-19(25)20(27-28(21)5-2)22(29)26-14-23(30)11-9-15(3)10-12-23/h7-8,13,15,30H,4-6,9-12,14H2,1-3H3,(H,26,29). The Labute approximate surface area is 188 Å². The molecule has 30 heavy (non-hydrogen) atoms. The Morgan fingerprint density at radius 2 is 2.00 bits per heavy atom. The van der Waals surface area contributed by atoms with Gasteiger partial charge in [0, 0.05) is 18.7 Å². The summed E-state index contributed by atoms with van der Waals surface area (Å²) in [5, 5.41) is 18.9. The summed E-state index contributed by atoms with van der Waals surface area (Å²) >= 11 is 13.2. The Hall–Kier alpha value is -1.56. The average molecular weight is 452 g/mol. The van der Waals surface area contributed by atoms with Gasteiger partial charge in [0.2, 0.25) is 0 Å². The maximum absolute atomic E-state index is 12.8. The number of carbonyl (C=O) groups excluding carboxylic acids is 1. The van der Waals surface area contributed by atoms with Gasteiger partial charge in [-0.25, -0.2) is 0 Å². The summed E-state index contributed by atoms with van der Waals surface area (Å²) in [6.45, 7) is 7.02. The van der Waals surface area contributed by atoms with E-state index in [0.29, 0.717) is 36.0 Å². The topological polar surface area (TPSA) is 67.2 Å². The molecule has 0 aliphatic heterocycles. The molecular formula is C23H31Cl2N3O2. The second-order valence-corrected chi connectivity index (χ2v) is 9.27. The Morgan fingerprint density at radius 1 is 1.30 bits per heavy atom.